The molecule has 0 fully saturated rings. The van der Waals surface area contributed by atoms with Gasteiger partial charge in [0.15, 0.2) is 5.78 Å². The molecular formula is C17H16O2. The predicted octanol–water partition coefficient (Wildman–Crippen LogP) is 3.96. The maximum Gasteiger partial charge on any atom is 0.163 e. The van der Waals surface area contributed by atoms with Crippen molar-refractivity contribution in [2.75, 3.05) is 0 Å². The molecule has 1 aliphatic carbocycles. The van der Waals surface area contributed by atoms with Crippen molar-refractivity contribution in [2.45, 2.75) is 25.9 Å². The molecule has 0 saturated carbocycles. The van der Waals surface area contributed by atoms with Crippen molar-refractivity contribution >= 4 is 5.78 Å². The Kier molecular flexibility index (Phi) is 3.08. The minimum Gasteiger partial charge on any atom is -0.486 e. The number of aryl methyl sites for hydroxylation is 1. The van der Waals surface area contributed by atoms with E-state index in [-0.39, 0.29) is 11.9 Å². The topological polar surface area (TPSA) is 26.3 Å². The van der Waals surface area contributed by atoms with Crippen molar-refractivity contribution in [2.24, 2.45) is 0 Å². The molecule has 0 N–H and O–H groups in total. The molecule has 0 spiro atoms. The van der Waals surface area contributed by atoms with Crippen molar-refractivity contribution in [1.29, 1.82) is 0 Å². The number of hydrogen-bond acceptors (Lipinski definition) is 2. The first-order valence-corrected chi connectivity index (χ1v) is 6.62. The number of carbonyl (C=O) groups excluding carboxylic acids is 1. The van der Waals surface area contributed by atoms with Gasteiger partial charge in [-0.1, -0.05) is 30.3 Å². The monoisotopic (exact) mass is 252 g/mol. The van der Waals surface area contributed by atoms with Crippen molar-refractivity contribution < 1.29 is 9.53 Å². The van der Waals surface area contributed by atoms with Gasteiger partial charge in [0.05, 0.1) is 0 Å². The number of fused-ring (bicyclic) bond motifs is 1. The second kappa shape index (κ2) is 4.88. The Morgan fingerprint density at radius 2 is 1.84 bits per heavy atom. The van der Waals surface area contributed by atoms with E-state index >= 15 is 0 Å². The van der Waals surface area contributed by atoms with Gasteiger partial charge in [-0.05, 0) is 42.7 Å². The molecule has 2 aromatic rings. The summed E-state index contributed by atoms with van der Waals surface area (Å²) < 4.78 is 5.95. The van der Waals surface area contributed by atoms with Crippen molar-refractivity contribution in [3.05, 3.63) is 65.2 Å². The fourth-order valence-corrected chi connectivity index (χ4v) is 2.50. The molecular weight excluding hydrogens is 236 g/mol. The molecule has 0 aromatic heterocycles. The Bertz CT molecular complexity index is 602. The summed E-state index contributed by atoms with van der Waals surface area (Å²) in [7, 11) is 0. The molecule has 19 heavy (non-hydrogen) atoms. The highest BCUT2D eigenvalue weighted by Gasteiger charge is 2.20. The van der Waals surface area contributed by atoms with Gasteiger partial charge in [0.2, 0.25) is 0 Å². The number of carbonyl (C=O) groups is 1. The summed E-state index contributed by atoms with van der Waals surface area (Å²) in [4.78, 5) is 11.6. The summed E-state index contributed by atoms with van der Waals surface area (Å²) in [6.45, 7) is 2.04. The Hall–Kier alpha value is -2.09. The lowest BCUT2D eigenvalue weighted by Gasteiger charge is -2.15. The number of Topliss-reactive ketones (excluding diaryl/α,β-unsaturated/α-hetero) is 1. The zero-order valence-corrected chi connectivity index (χ0v) is 10.9. The first-order chi connectivity index (χ1) is 9.24. The van der Waals surface area contributed by atoms with Gasteiger partial charge >= 0.3 is 0 Å². The van der Waals surface area contributed by atoms with Gasteiger partial charge in [0.25, 0.3) is 0 Å². The molecule has 1 unspecified atom stereocenters. The number of benzene rings is 2. The molecule has 2 nitrogen and oxygen atoms in total. The molecule has 1 atom stereocenters. The highest BCUT2D eigenvalue weighted by molar-refractivity contribution is 6.00. The molecule has 0 amide bonds. The van der Waals surface area contributed by atoms with E-state index in [9.17, 15) is 4.79 Å². The van der Waals surface area contributed by atoms with Crippen LogP contribution in [0.1, 0.15) is 40.9 Å². The van der Waals surface area contributed by atoms with Crippen LogP contribution in [0.15, 0.2) is 48.5 Å². The number of ether oxygens (including phenoxy) is 1. The standard InChI is InChI=1S/C17H16O2/c1-12(13-5-3-2-4-6-13)19-15-8-9-16-14(11-15)7-10-17(16)18/h2-6,8-9,11-12H,7,10H2,1H3. The van der Waals surface area contributed by atoms with Crippen LogP contribution in [0.2, 0.25) is 0 Å². The lowest BCUT2D eigenvalue weighted by Crippen LogP contribution is -2.03. The van der Waals surface area contributed by atoms with E-state index in [0.717, 1.165) is 28.9 Å². The second-order valence-electron chi connectivity index (χ2n) is 4.91. The summed E-state index contributed by atoms with van der Waals surface area (Å²) in [6.07, 6.45) is 1.48. The fraction of sp³-hybridized carbons (Fsp3) is 0.235. The molecule has 3 rings (SSSR count). The first kappa shape index (κ1) is 12.0. The van der Waals surface area contributed by atoms with E-state index in [2.05, 4.69) is 12.1 Å². The third kappa shape index (κ3) is 2.39. The van der Waals surface area contributed by atoms with E-state index in [0.29, 0.717) is 6.42 Å². The molecule has 2 aromatic carbocycles. The molecule has 0 aliphatic heterocycles. The Balaban J connectivity index is 1.79. The van der Waals surface area contributed by atoms with Gasteiger partial charge in [-0.15, -0.1) is 0 Å². The van der Waals surface area contributed by atoms with Crippen molar-refractivity contribution in [3.63, 3.8) is 0 Å². The van der Waals surface area contributed by atoms with E-state index in [1.165, 1.54) is 0 Å². The Morgan fingerprint density at radius 1 is 1.05 bits per heavy atom. The molecule has 2 heteroatoms. The van der Waals surface area contributed by atoms with E-state index in [4.69, 9.17) is 4.74 Å². The maximum atomic E-state index is 11.6. The fourth-order valence-electron chi connectivity index (χ4n) is 2.50. The zero-order valence-electron chi connectivity index (χ0n) is 10.9. The Labute approximate surface area is 113 Å². The van der Waals surface area contributed by atoms with Crippen LogP contribution in [0.3, 0.4) is 0 Å². The average molecular weight is 252 g/mol. The van der Waals surface area contributed by atoms with Gasteiger partial charge < -0.3 is 4.74 Å². The van der Waals surface area contributed by atoms with Gasteiger partial charge in [-0.3, -0.25) is 4.79 Å². The summed E-state index contributed by atoms with van der Waals surface area (Å²) in [5.74, 6) is 1.09. The van der Waals surface area contributed by atoms with Gasteiger partial charge in [0, 0.05) is 12.0 Å². The molecule has 1 aliphatic rings. The highest BCUT2D eigenvalue weighted by Crippen LogP contribution is 2.28. The van der Waals surface area contributed by atoms with Crippen LogP contribution in [0.5, 0.6) is 5.75 Å². The number of hydrogen-bond donors (Lipinski definition) is 0. The van der Waals surface area contributed by atoms with Gasteiger partial charge in [-0.2, -0.15) is 0 Å². The molecule has 0 bridgehead atoms. The molecule has 96 valence electrons. The van der Waals surface area contributed by atoms with Crippen LogP contribution in [0, 0.1) is 0 Å². The minimum atomic E-state index is 0.0105. The van der Waals surface area contributed by atoms with Crippen LogP contribution in [0.4, 0.5) is 0 Å². The van der Waals surface area contributed by atoms with Crippen LogP contribution in [0.25, 0.3) is 0 Å². The molecule has 0 heterocycles. The molecule has 0 radical (unpaired) electrons. The van der Waals surface area contributed by atoms with Crippen LogP contribution < -0.4 is 4.74 Å². The summed E-state index contributed by atoms with van der Waals surface area (Å²) in [5, 5.41) is 0. The summed E-state index contributed by atoms with van der Waals surface area (Å²) in [5.41, 5.74) is 3.13. The van der Waals surface area contributed by atoms with Crippen LogP contribution in [-0.4, -0.2) is 5.78 Å². The van der Waals surface area contributed by atoms with Crippen molar-refractivity contribution in [3.8, 4) is 5.75 Å². The normalized spacial score (nSPS) is 15.1. The van der Waals surface area contributed by atoms with E-state index < -0.39 is 0 Å². The van der Waals surface area contributed by atoms with E-state index in [1.807, 2.05) is 43.3 Å². The predicted molar refractivity (Wildman–Crippen MR) is 74.6 cm³/mol. The lowest BCUT2D eigenvalue weighted by atomic mass is 10.1. The minimum absolute atomic E-state index is 0.0105. The van der Waals surface area contributed by atoms with Gasteiger partial charge in [0.1, 0.15) is 11.9 Å². The highest BCUT2D eigenvalue weighted by atomic mass is 16.5. The quantitative estimate of drug-likeness (QED) is 0.826. The SMILES string of the molecule is CC(Oc1ccc2c(c1)CCC2=O)c1ccccc1. The van der Waals surface area contributed by atoms with Gasteiger partial charge in [-0.25, -0.2) is 0 Å². The van der Waals surface area contributed by atoms with Crippen LogP contribution in [-0.2, 0) is 6.42 Å². The van der Waals surface area contributed by atoms with Crippen molar-refractivity contribution in [1.82, 2.24) is 0 Å². The first-order valence-electron chi connectivity index (χ1n) is 6.62. The van der Waals surface area contributed by atoms with E-state index in [1.54, 1.807) is 0 Å². The average Bonchev–Trinajstić information content (AvgIpc) is 2.81. The number of rotatable bonds is 3. The lowest BCUT2D eigenvalue weighted by molar-refractivity contribution is 0.0994. The largest absolute Gasteiger partial charge is 0.486 e. The summed E-state index contributed by atoms with van der Waals surface area (Å²) >= 11 is 0. The number of ketones is 1. The zero-order chi connectivity index (χ0) is 13.2. The molecule has 0 saturated heterocycles. The maximum absolute atomic E-state index is 11.6. The second-order valence-corrected chi connectivity index (χ2v) is 4.91. The van der Waals surface area contributed by atoms with Crippen LogP contribution >= 0.6 is 0 Å². The Morgan fingerprint density at radius 3 is 2.63 bits per heavy atom. The third-order valence-electron chi connectivity index (χ3n) is 3.58. The third-order valence-corrected chi connectivity index (χ3v) is 3.58. The summed E-state index contributed by atoms with van der Waals surface area (Å²) in [6, 6.07) is 15.9. The smallest absolute Gasteiger partial charge is 0.163 e.